The third-order valence-electron chi connectivity index (χ3n) is 4.29. The largest absolute Gasteiger partial charge is 0.497 e. The highest BCUT2D eigenvalue weighted by atomic mass is 35.5. The number of hydrogen-bond donors (Lipinski definition) is 1. The van der Waals surface area contributed by atoms with Crippen LogP contribution in [0.15, 0.2) is 42.5 Å². The Morgan fingerprint density at radius 2 is 1.96 bits per heavy atom. The van der Waals surface area contributed by atoms with Crippen LogP contribution in [0, 0.1) is 5.82 Å². The van der Waals surface area contributed by atoms with Gasteiger partial charge < -0.3 is 15.0 Å². The van der Waals surface area contributed by atoms with E-state index in [2.05, 4.69) is 5.32 Å². The van der Waals surface area contributed by atoms with Gasteiger partial charge in [-0.1, -0.05) is 29.8 Å². The Bertz CT molecular complexity index is 808. The molecule has 0 aliphatic heterocycles. The van der Waals surface area contributed by atoms with Crippen molar-refractivity contribution < 1.29 is 18.7 Å². The molecule has 144 valence electrons. The van der Waals surface area contributed by atoms with Gasteiger partial charge in [-0.05, 0) is 36.8 Å². The first-order valence-corrected chi connectivity index (χ1v) is 8.82. The first-order chi connectivity index (χ1) is 12.9. The van der Waals surface area contributed by atoms with Gasteiger partial charge in [0.2, 0.25) is 11.8 Å². The predicted octanol–water partition coefficient (Wildman–Crippen LogP) is 3.19. The summed E-state index contributed by atoms with van der Waals surface area (Å²) in [5.74, 6) is -0.624. The lowest BCUT2D eigenvalue weighted by Crippen LogP contribution is -2.47. The summed E-state index contributed by atoms with van der Waals surface area (Å²) in [5, 5.41) is 2.72. The lowest BCUT2D eigenvalue weighted by molar-refractivity contribution is -0.139. The van der Waals surface area contributed by atoms with E-state index in [1.807, 2.05) is 6.07 Å². The summed E-state index contributed by atoms with van der Waals surface area (Å²) in [4.78, 5) is 26.5. The molecule has 7 heteroatoms. The molecule has 1 N–H and O–H groups in total. The topological polar surface area (TPSA) is 58.6 Å². The van der Waals surface area contributed by atoms with Crippen molar-refractivity contribution in [2.24, 2.45) is 0 Å². The number of halogens is 2. The van der Waals surface area contributed by atoms with E-state index in [-0.39, 0.29) is 29.5 Å². The Morgan fingerprint density at radius 3 is 2.59 bits per heavy atom. The molecule has 27 heavy (non-hydrogen) atoms. The molecule has 0 radical (unpaired) electrons. The average molecular weight is 393 g/mol. The third-order valence-corrected chi connectivity index (χ3v) is 4.64. The molecule has 1 unspecified atom stereocenters. The molecule has 0 fully saturated rings. The Hall–Kier alpha value is -2.60. The molecule has 0 spiro atoms. The van der Waals surface area contributed by atoms with Gasteiger partial charge in [-0.3, -0.25) is 9.59 Å². The van der Waals surface area contributed by atoms with Gasteiger partial charge in [0.05, 0.1) is 13.5 Å². The van der Waals surface area contributed by atoms with E-state index < -0.39 is 17.8 Å². The predicted molar refractivity (Wildman–Crippen MR) is 102 cm³/mol. The molecule has 0 saturated carbocycles. The van der Waals surface area contributed by atoms with Crippen molar-refractivity contribution in [2.75, 3.05) is 14.2 Å². The second-order valence-electron chi connectivity index (χ2n) is 6.04. The zero-order valence-electron chi connectivity index (χ0n) is 15.5. The Morgan fingerprint density at radius 1 is 1.26 bits per heavy atom. The fourth-order valence-electron chi connectivity index (χ4n) is 2.71. The molecule has 0 saturated heterocycles. The zero-order chi connectivity index (χ0) is 20.0. The zero-order valence-corrected chi connectivity index (χ0v) is 16.2. The highest BCUT2D eigenvalue weighted by molar-refractivity contribution is 6.31. The Balaban J connectivity index is 2.31. The standard InChI is InChI=1S/C20H22ClFN2O3/c1-13(20(26)23-2)24(12-14-6-4-7-15(10-14)27-3)19(25)11-16-17(21)8-5-9-18(16)22/h4-10,13H,11-12H2,1-3H3,(H,23,26). The van der Waals surface area contributed by atoms with Crippen molar-refractivity contribution in [3.63, 3.8) is 0 Å². The molecule has 0 heterocycles. The Labute approximate surface area is 163 Å². The number of benzene rings is 2. The summed E-state index contributed by atoms with van der Waals surface area (Å²) < 4.78 is 19.3. The van der Waals surface area contributed by atoms with E-state index in [1.165, 1.54) is 30.1 Å². The highest BCUT2D eigenvalue weighted by Crippen LogP contribution is 2.22. The lowest BCUT2D eigenvalue weighted by Gasteiger charge is -2.28. The summed E-state index contributed by atoms with van der Waals surface area (Å²) in [7, 11) is 3.05. The van der Waals surface area contributed by atoms with Crippen LogP contribution < -0.4 is 10.1 Å². The van der Waals surface area contributed by atoms with E-state index in [4.69, 9.17) is 16.3 Å². The van der Waals surface area contributed by atoms with Gasteiger partial charge in [-0.2, -0.15) is 0 Å². The molecule has 2 rings (SSSR count). The molecule has 0 aliphatic carbocycles. The summed E-state index contributed by atoms with van der Waals surface area (Å²) in [6.45, 7) is 1.80. The number of rotatable bonds is 7. The number of carbonyl (C=O) groups is 2. The van der Waals surface area contributed by atoms with Gasteiger partial charge in [0, 0.05) is 24.2 Å². The van der Waals surface area contributed by atoms with E-state index in [0.29, 0.717) is 5.75 Å². The summed E-state index contributed by atoms with van der Waals surface area (Å²) in [6, 6.07) is 10.7. The maximum Gasteiger partial charge on any atom is 0.242 e. The van der Waals surface area contributed by atoms with Gasteiger partial charge in [0.15, 0.2) is 0 Å². The van der Waals surface area contributed by atoms with Crippen LogP contribution in [0.1, 0.15) is 18.1 Å². The second kappa shape index (κ2) is 9.37. The average Bonchev–Trinajstić information content (AvgIpc) is 2.67. The number of ether oxygens (including phenoxy) is 1. The molecule has 2 aromatic rings. The number of carbonyl (C=O) groups excluding carboxylic acids is 2. The van der Waals surface area contributed by atoms with Crippen LogP contribution in [0.3, 0.4) is 0 Å². The van der Waals surface area contributed by atoms with Crippen molar-refractivity contribution in [3.8, 4) is 5.75 Å². The molecular formula is C20H22ClFN2O3. The first-order valence-electron chi connectivity index (χ1n) is 8.44. The second-order valence-corrected chi connectivity index (χ2v) is 6.45. The monoisotopic (exact) mass is 392 g/mol. The number of likely N-dealkylation sites (N-methyl/N-ethyl adjacent to an activating group) is 1. The number of nitrogens with one attached hydrogen (secondary N) is 1. The highest BCUT2D eigenvalue weighted by Gasteiger charge is 2.26. The van der Waals surface area contributed by atoms with Crippen LogP contribution in [0.25, 0.3) is 0 Å². The minimum Gasteiger partial charge on any atom is -0.497 e. The van der Waals surface area contributed by atoms with E-state index >= 15 is 0 Å². The summed E-state index contributed by atoms with van der Waals surface area (Å²) in [5.41, 5.74) is 0.905. The summed E-state index contributed by atoms with van der Waals surface area (Å²) >= 11 is 6.04. The van der Waals surface area contributed by atoms with E-state index in [0.717, 1.165) is 5.56 Å². The van der Waals surface area contributed by atoms with Gasteiger partial charge in [-0.15, -0.1) is 0 Å². The van der Waals surface area contributed by atoms with Gasteiger partial charge >= 0.3 is 0 Å². The van der Waals surface area contributed by atoms with Crippen LogP contribution in [0.2, 0.25) is 5.02 Å². The number of hydrogen-bond acceptors (Lipinski definition) is 3. The van der Waals surface area contributed by atoms with Crippen LogP contribution in [-0.2, 0) is 22.6 Å². The number of methoxy groups -OCH3 is 1. The van der Waals surface area contributed by atoms with Crippen molar-refractivity contribution >= 4 is 23.4 Å². The molecule has 5 nitrogen and oxygen atoms in total. The van der Waals surface area contributed by atoms with Crippen molar-refractivity contribution in [1.29, 1.82) is 0 Å². The number of amides is 2. The van der Waals surface area contributed by atoms with E-state index in [1.54, 1.807) is 32.2 Å². The molecule has 0 bridgehead atoms. The third kappa shape index (κ3) is 5.20. The molecule has 0 aromatic heterocycles. The quantitative estimate of drug-likeness (QED) is 0.787. The van der Waals surface area contributed by atoms with Gasteiger partial charge in [0.25, 0.3) is 0 Å². The first kappa shape index (κ1) is 20.7. The lowest BCUT2D eigenvalue weighted by atomic mass is 10.1. The minimum atomic E-state index is -0.737. The fraction of sp³-hybridized carbons (Fsp3) is 0.300. The van der Waals surface area contributed by atoms with Crippen molar-refractivity contribution in [1.82, 2.24) is 10.2 Å². The van der Waals surface area contributed by atoms with Gasteiger partial charge in [0.1, 0.15) is 17.6 Å². The van der Waals surface area contributed by atoms with E-state index in [9.17, 15) is 14.0 Å². The minimum absolute atomic E-state index is 0.115. The van der Waals surface area contributed by atoms with Crippen LogP contribution in [0.4, 0.5) is 4.39 Å². The molecule has 2 aromatic carbocycles. The van der Waals surface area contributed by atoms with Crippen LogP contribution >= 0.6 is 11.6 Å². The van der Waals surface area contributed by atoms with Crippen molar-refractivity contribution in [3.05, 3.63) is 64.4 Å². The van der Waals surface area contributed by atoms with Crippen molar-refractivity contribution in [2.45, 2.75) is 25.9 Å². The maximum atomic E-state index is 14.1. The van der Waals surface area contributed by atoms with Crippen LogP contribution in [-0.4, -0.2) is 36.9 Å². The number of nitrogens with zero attached hydrogens (tertiary/aromatic N) is 1. The smallest absolute Gasteiger partial charge is 0.242 e. The summed E-state index contributed by atoms with van der Waals surface area (Å²) in [6.07, 6.45) is -0.239. The normalized spacial score (nSPS) is 11.6. The van der Waals surface area contributed by atoms with Gasteiger partial charge in [-0.25, -0.2) is 4.39 Å². The Kier molecular flexibility index (Phi) is 7.19. The SMILES string of the molecule is CNC(=O)C(C)N(Cc1cccc(OC)c1)C(=O)Cc1c(F)cccc1Cl. The molecular weight excluding hydrogens is 371 g/mol. The van der Waals surface area contributed by atoms with Crippen LogP contribution in [0.5, 0.6) is 5.75 Å². The molecule has 2 amide bonds. The fourth-order valence-corrected chi connectivity index (χ4v) is 2.94. The molecule has 1 atom stereocenters. The molecule has 0 aliphatic rings. The maximum absolute atomic E-state index is 14.1.